The number of halogens is 1. The van der Waals surface area contributed by atoms with Gasteiger partial charge in [0.05, 0.1) is 13.3 Å². The molecular formula is C19H15BrN4O2. The molecule has 2 aromatic carbocycles. The number of rotatable bonds is 5. The van der Waals surface area contributed by atoms with Crippen molar-refractivity contribution in [2.75, 3.05) is 12.5 Å². The van der Waals surface area contributed by atoms with E-state index in [0.717, 1.165) is 21.2 Å². The molecule has 130 valence electrons. The molecule has 0 fully saturated rings. The standard InChI is InChI=1S/C19H15BrN4O2/c1-12-3-5-13(6-4-12)18-23-16(10-21)19(26-18)24-22-11-14-9-15(20)7-8-17(14)25-2/h3-9,11,24H,1-2H3. The van der Waals surface area contributed by atoms with E-state index in [1.54, 1.807) is 13.3 Å². The van der Waals surface area contributed by atoms with Crippen LogP contribution in [-0.4, -0.2) is 18.3 Å². The number of nitrogens with zero attached hydrogens (tertiary/aromatic N) is 3. The van der Waals surface area contributed by atoms with Gasteiger partial charge in [-0.3, -0.25) is 0 Å². The maximum Gasteiger partial charge on any atom is 0.252 e. The van der Waals surface area contributed by atoms with Crippen molar-refractivity contribution in [3.05, 3.63) is 63.8 Å². The van der Waals surface area contributed by atoms with Gasteiger partial charge in [0.15, 0.2) is 0 Å². The van der Waals surface area contributed by atoms with Gasteiger partial charge in [-0.25, -0.2) is 5.43 Å². The fraction of sp³-hybridized carbons (Fsp3) is 0.105. The van der Waals surface area contributed by atoms with Crippen LogP contribution in [-0.2, 0) is 0 Å². The van der Waals surface area contributed by atoms with Gasteiger partial charge in [-0.2, -0.15) is 15.3 Å². The molecule has 26 heavy (non-hydrogen) atoms. The number of aromatic nitrogens is 1. The molecule has 0 radical (unpaired) electrons. The highest BCUT2D eigenvalue weighted by atomic mass is 79.9. The van der Waals surface area contributed by atoms with Gasteiger partial charge in [0.2, 0.25) is 11.6 Å². The van der Waals surface area contributed by atoms with Gasteiger partial charge in [0.1, 0.15) is 11.8 Å². The van der Waals surface area contributed by atoms with Crippen molar-refractivity contribution in [1.82, 2.24) is 4.98 Å². The predicted molar refractivity (Wildman–Crippen MR) is 103 cm³/mol. The second kappa shape index (κ2) is 7.85. The van der Waals surface area contributed by atoms with Crippen LogP contribution in [0, 0.1) is 18.3 Å². The molecule has 0 amide bonds. The van der Waals surface area contributed by atoms with Crippen LogP contribution < -0.4 is 10.2 Å². The van der Waals surface area contributed by atoms with Gasteiger partial charge in [0.25, 0.3) is 5.88 Å². The summed E-state index contributed by atoms with van der Waals surface area (Å²) >= 11 is 3.41. The Hall–Kier alpha value is -3.11. The molecule has 7 heteroatoms. The molecule has 1 aromatic heterocycles. The third-order valence-electron chi connectivity index (χ3n) is 3.59. The fourth-order valence-electron chi connectivity index (χ4n) is 2.26. The normalized spacial score (nSPS) is 10.7. The minimum absolute atomic E-state index is 0.138. The Labute approximate surface area is 159 Å². The zero-order valence-electron chi connectivity index (χ0n) is 14.2. The Morgan fingerprint density at radius 3 is 2.73 bits per heavy atom. The largest absolute Gasteiger partial charge is 0.496 e. The van der Waals surface area contributed by atoms with Crippen LogP contribution in [0.15, 0.2) is 56.5 Å². The van der Waals surface area contributed by atoms with E-state index < -0.39 is 0 Å². The van der Waals surface area contributed by atoms with E-state index in [4.69, 9.17) is 9.15 Å². The van der Waals surface area contributed by atoms with E-state index >= 15 is 0 Å². The number of hydrogen-bond acceptors (Lipinski definition) is 6. The molecule has 0 unspecified atom stereocenters. The molecule has 1 heterocycles. The summed E-state index contributed by atoms with van der Waals surface area (Å²) in [7, 11) is 1.59. The average molecular weight is 411 g/mol. The lowest BCUT2D eigenvalue weighted by Crippen LogP contribution is -1.94. The SMILES string of the molecule is COc1ccc(Br)cc1C=NNc1oc(-c2ccc(C)cc2)nc1C#N. The lowest BCUT2D eigenvalue weighted by Gasteiger charge is -2.04. The first kappa shape index (κ1) is 17.7. The monoisotopic (exact) mass is 410 g/mol. The van der Waals surface area contributed by atoms with Crippen molar-refractivity contribution in [3.63, 3.8) is 0 Å². The van der Waals surface area contributed by atoms with E-state index in [1.165, 1.54) is 0 Å². The molecule has 0 saturated carbocycles. The number of benzene rings is 2. The van der Waals surface area contributed by atoms with E-state index in [1.807, 2.05) is 55.5 Å². The Bertz CT molecular complexity index is 988. The average Bonchev–Trinajstić information content (AvgIpc) is 3.06. The van der Waals surface area contributed by atoms with Crippen LogP contribution in [0.2, 0.25) is 0 Å². The molecule has 0 aliphatic carbocycles. The second-order valence-corrected chi connectivity index (χ2v) is 6.35. The minimum Gasteiger partial charge on any atom is -0.496 e. The van der Waals surface area contributed by atoms with E-state index in [9.17, 15) is 5.26 Å². The molecule has 0 bridgehead atoms. The summed E-state index contributed by atoms with van der Waals surface area (Å²) in [4.78, 5) is 4.21. The van der Waals surface area contributed by atoms with E-state index in [0.29, 0.717) is 11.6 Å². The number of hydrogen-bond donors (Lipinski definition) is 1. The van der Waals surface area contributed by atoms with Crippen molar-refractivity contribution in [2.45, 2.75) is 6.92 Å². The quantitative estimate of drug-likeness (QED) is 0.485. The maximum absolute atomic E-state index is 9.27. The summed E-state index contributed by atoms with van der Waals surface area (Å²) < 4.78 is 11.8. The summed E-state index contributed by atoms with van der Waals surface area (Å²) in [5, 5.41) is 13.4. The first-order valence-corrected chi connectivity index (χ1v) is 8.50. The van der Waals surface area contributed by atoms with Crippen molar-refractivity contribution in [2.24, 2.45) is 5.10 Å². The molecule has 0 saturated heterocycles. The van der Waals surface area contributed by atoms with Crippen LogP contribution in [0.25, 0.3) is 11.5 Å². The number of nitriles is 1. The topological polar surface area (TPSA) is 83.4 Å². The van der Waals surface area contributed by atoms with Crippen LogP contribution in [0.1, 0.15) is 16.8 Å². The number of aryl methyl sites for hydroxylation is 1. The van der Waals surface area contributed by atoms with Crippen molar-refractivity contribution < 1.29 is 9.15 Å². The predicted octanol–water partition coefficient (Wildman–Crippen LogP) is 4.74. The number of nitrogens with one attached hydrogen (secondary N) is 1. The Morgan fingerprint density at radius 1 is 1.27 bits per heavy atom. The summed E-state index contributed by atoms with van der Waals surface area (Å²) in [6.45, 7) is 2.00. The first-order valence-electron chi connectivity index (χ1n) is 7.71. The van der Waals surface area contributed by atoms with E-state index in [-0.39, 0.29) is 11.6 Å². The zero-order valence-corrected chi connectivity index (χ0v) is 15.7. The summed E-state index contributed by atoms with van der Waals surface area (Å²) in [5.74, 6) is 1.23. The van der Waals surface area contributed by atoms with Crippen LogP contribution in [0.3, 0.4) is 0 Å². The number of hydrazone groups is 1. The highest BCUT2D eigenvalue weighted by molar-refractivity contribution is 9.10. The molecule has 3 rings (SSSR count). The Kier molecular flexibility index (Phi) is 5.34. The summed E-state index contributed by atoms with van der Waals surface area (Å²) in [6.07, 6.45) is 1.58. The lowest BCUT2D eigenvalue weighted by atomic mass is 10.1. The molecule has 3 aromatic rings. The lowest BCUT2D eigenvalue weighted by molar-refractivity contribution is 0.414. The van der Waals surface area contributed by atoms with Gasteiger partial charge in [-0.15, -0.1) is 0 Å². The van der Waals surface area contributed by atoms with Crippen LogP contribution >= 0.6 is 15.9 Å². The maximum atomic E-state index is 9.27. The van der Waals surface area contributed by atoms with Gasteiger partial charge in [0, 0.05) is 15.6 Å². The molecular weight excluding hydrogens is 396 g/mol. The van der Waals surface area contributed by atoms with E-state index in [2.05, 4.69) is 31.4 Å². The molecule has 6 nitrogen and oxygen atoms in total. The molecule has 0 spiro atoms. The highest BCUT2D eigenvalue weighted by Crippen LogP contribution is 2.26. The zero-order chi connectivity index (χ0) is 18.5. The first-order chi connectivity index (χ1) is 12.6. The van der Waals surface area contributed by atoms with Gasteiger partial charge in [-0.1, -0.05) is 33.6 Å². The fourth-order valence-corrected chi connectivity index (χ4v) is 2.64. The minimum atomic E-state index is 0.138. The van der Waals surface area contributed by atoms with Crippen molar-refractivity contribution >= 4 is 28.0 Å². The number of ether oxygens (including phenoxy) is 1. The highest BCUT2D eigenvalue weighted by Gasteiger charge is 2.14. The van der Waals surface area contributed by atoms with Gasteiger partial charge >= 0.3 is 0 Å². The number of oxazole rings is 1. The van der Waals surface area contributed by atoms with Crippen LogP contribution in [0.5, 0.6) is 5.75 Å². The second-order valence-electron chi connectivity index (χ2n) is 5.43. The Balaban J connectivity index is 1.83. The number of anilines is 1. The Morgan fingerprint density at radius 2 is 2.04 bits per heavy atom. The van der Waals surface area contributed by atoms with Crippen LogP contribution in [0.4, 0.5) is 5.88 Å². The third-order valence-corrected chi connectivity index (χ3v) is 4.09. The molecule has 1 N–H and O–H groups in total. The number of methoxy groups -OCH3 is 1. The molecule has 0 aliphatic rings. The summed E-state index contributed by atoms with van der Waals surface area (Å²) in [5.41, 5.74) is 5.56. The third kappa shape index (κ3) is 3.92. The van der Waals surface area contributed by atoms with Crippen molar-refractivity contribution in [3.8, 4) is 23.3 Å². The van der Waals surface area contributed by atoms with Gasteiger partial charge in [-0.05, 0) is 37.3 Å². The molecule has 0 atom stereocenters. The van der Waals surface area contributed by atoms with Gasteiger partial charge < -0.3 is 9.15 Å². The summed E-state index contributed by atoms with van der Waals surface area (Å²) in [6, 6.07) is 15.3. The molecule has 0 aliphatic heterocycles. The van der Waals surface area contributed by atoms with Crippen molar-refractivity contribution in [1.29, 1.82) is 5.26 Å². The smallest absolute Gasteiger partial charge is 0.252 e.